The number of hydrogen-bond donors (Lipinski definition) is 2. The maximum atomic E-state index is 15.2. The number of fused-ring (bicyclic) bond motifs is 1. The van der Waals surface area contributed by atoms with Gasteiger partial charge in [0, 0.05) is 49.1 Å². The largest absolute Gasteiger partial charge is 0.497 e. The summed E-state index contributed by atoms with van der Waals surface area (Å²) in [5, 5.41) is 2.96. The molecule has 0 aliphatic rings. The fourth-order valence-corrected chi connectivity index (χ4v) is 4.47. The van der Waals surface area contributed by atoms with E-state index in [2.05, 4.69) is 15.3 Å². The quantitative estimate of drug-likeness (QED) is 0.282. The Morgan fingerprint density at radius 1 is 1.18 bits per heavy atom. The molecule has 1 unspecified atom stereocenters. The molecule has 0 radical (unpaired) electrons. The van der Waals surface area contributed by atoms with Crippen molar-refractivity contribution in [1.29, 1.82) is 0 Å². The van der Waals surface area contributed by atoms with Crippen LogP contribution in [0, 0.1) is 11.7 Å². The van der Waals surface area contributed by atoms with Crippen molar-refractivity contribution in [2.75, 3.05) is 20.3 Å². The Kier molecular flexibility index (Phi) is 8.78. The van der Waals surface area contributed by atoms with Crippen molar-refractivity contribution in [2.45, 2.75) is 39.7 Å². The van der Waals surface area contributed by atoms with Crippen LogP contribution in [0.3, 0.4) is 0 Å². The van der Waals surface area contributed by atoms with Gasteiger partial charge in [-0.25, -0.2) is 9.37 Å². The van der Waals surface area contributed by atoms with E-state index in [0.29, 0.717) is 60.7 Å². The van der Waals surface area contributed by atoms with E-state index >= 15 is 4.39 Å². The van der Waals surface area contributed by atoms with Crippen LogP contribution >= 0.6 is 0 Å². The molecular formula is C29H33FN4O4. The molecule has 8 nitrogen and oxygen atoms in total. The molecule has 2 heterocycles. The summed E-state index contributed by atoms with van der Waals surface area (Å²) in [5.41, 5.74) is 1.84. The van der Waals surface area contributed by atoms with Gasteiger partial charge in [0.1, 0.15) is 17.3 Å². The Labute approximate surface area is 220 Å². The third kappa shape index (κ3) is 5.88. The molecule has 4 rings (SSSR count). The molecule has 1 atom stereocenters. The van der Waals surface area contributed by atoms with Gasteiger partial charge in [-0.05, 0) is 42.7 Å². The van der Waals surface area contributed by atoms with Crippen LogP contribution in [-0.2, 0) is 17.8 Å². The normalized spacial score (nSPS) is 11.9. The summed E-state index contributed by atoms with van der Waals surface area (Å²) in [5.74, 6) is 0.180. The molecule has 0 aliphatic heterocycles. The molecule has 0 fully saturated rings. The zero-order valence-corrected chi connectivity index (χ0v) is 21.9. The minimum Gasteiger partial charge on any atom is -0.497 e. The van der Waals surface area contributed by atoms with Gasteiger partial charge in [-0.15, -0.1) is 0 Å². The topological polar surface area (TPSA) is 98.2 Å². The van der Waals surface area contributed by atoms with Gasteiger partial charge in [0.15, 0.2) is 5.43 Å². The summed E-state index contributed by atoms with van der Waals surface area (Å²) in [6.45, 7) is 4.98. The summed E-state index contributed by atoms with van der Waals surface area (Å²) >= 11 is 0. The Morgan fingerprint density at radius 3 is 2.63 bits per heavy atom. The first-order valence-electron chi connectivity index (χ1n) is 12.8. The fourth-order valence-electron chi connectivity index (χ4n) is 4.47. The first-order valence-corrected chi connectivity index (χ1v) is 12.8. The van der Waals surface area contributed by atoms with E-state index in [-0.39, 0.29) is 17.2 Å². The molecule has 1 amide bonds. The smallest absolute Gasteiger partial charge is 0.223 e. The second kappa shape index (κ2) is 12.4. The van der Waals surface area contributed by atoms with Gasteiger partial charge in [-0.3, -0.25) is 9.59 Å². The number of methoxy groups -OCH3 is 1. The van der Waals surface area contributed by atoms with Crippen LogP contribution in [0.1, 0.15) is 32.4 Å². The number of imidazole rings is 1. The average Bonchev–Trinajstić information content (AvgIpc) is 3.45. The zero-order valence-electron chi connectivity index (χ0n) is 21.9. The summed E-state index contributed by atoms with van der Waals surface area (Å²) in [6, 6.07) is 9.86. The molecular weight excluding hydrogens is 487 g/mol. The minimum atomic E-state index is -0.618. The highest BCUT2D eigenvalue weighted by Crippen LogP contribution is 2.29. The van der Waals surface area contributed by atoms with Crippen molar-refractivity contribution < 1.29 is 18.7 Å². The van der Waals surface area contributed by atoms with E-state index in [1.54, 1.807) is 60.7 Å². The molecule has 0 saturated heterocycles. The lowest BCUT2D eigenvalue weighted by molar-refractivity contribution is -0.125. The highest BCUT2D eigenvalue weighted by molar-refractivity contribution is 5.89. The van der Waals surface area contributed by atoms with Gasteiger partial charge in [-0.2, -0.15) is 0 Å². The summed E-state index contributed by atoms with van der Waals surface area (Å²) in [4.78, 5) is 33.5. The fraction of sp³-hybridized carbons (Fsp3) is 0.345. The molecule has 38 heavy (non-hydrogen) atoms. The molecule has 0 aliphatic carbocycles. The second-order valence-corrected chi connectivity index (χ2v) is 9.09. The van der Waals surface area contributed by atoms with Crippen molar-refractivity contribution in [2.24, 2.45) is 5.92 Å². The van der Waals surface area contributed by atoms with Gasteiger partial charge < -0.3 is 24.3 Å². The number of benzene rings is 2. The predicted octanol–water partition coefficient (Wildman–Crippen LogP) is 4.71. The van der Waals surface area contributed by atoms with Crippen LogP contribution in [0.15, 0.2) is 59.9 Å². The van der Waals surface area contributed by atoms with E-state index in [1.807, 2.05) is 13.8 Å². The molecule has 2 N–H and O–H groups in total. The molecule has 4 aromatic rings. The number of rotatable bonds is 12. The molecule has 0 saturated carbocycles. The number of amides is 1. The van der Waals surface area contributed by atoms with Crippen molar-refractivity contribution >= 4 is 16.8 Å². The zero-order chi connectivity index (χ0) is 27.1. The number of nitrogens with zero attached hydrogens (tertiary/aromatic N) is 2. The number of aromatic nitrogens is 3. The van der Waals surface area contributed by atoms with Crippen LogP contribution in [0.5, 0.6) is 11.5 Å². The van der Waals surface area contributed by atoms with E-state index in [9.17, 15) is 9.59 Å². The Morgan fingerprint density at radius 2 is 1.97 bits per heavy atom. The number of H-pyrrole nitrogens is 1. The molecule has 200 valence electrons. The number of pyridine rings is 1. The standard InChI is InChI=1S/C29H33FN4O4/c1-4-14-38-25-11-10-24(30)26-27(25)34(17-23(28(26)35)20-6-8-22(37-3)9-7-20)13-12-32-29(36)19(5-2)15-21-16-31-18-33-21/h6-11,16-19H,4-5,12-15H2,1-3H3,(H,31,33)(H,32,36). The van der Waals surface area contributed by atoms with Crippen molar-refractivity contribution in [3.8, 4) is 22.6 Å². The lowest BCUT2D eigenvalue weighted by atomic mass is 10.00. The predicted molar refractivity (Wildman–Crippen MR) is 145 cm³/mol. The SMILES string of the molecule is CCCOc1ccc(F)c2c(=O)c(-c3ccc(OC)cc3)cn(CCNC(=O)C(CC)Cc3cnc[nH]3)c12. The van der Waals surface area contributed by atoms with Crippen molar-refractivity contribution in [1.82, 2.24) is 19.9 Å². The molecule has 2 aromatic heterocycles. The van der Waals surface area contributed by atoms with Crippen molar-refractivity contribution in [3.63, 3.8) is 0 Å². The number of carbonyl (C=O) groups is 1. The molecule has 9 heteroatoms. The molecule has 2 aromatic carbocycles. The maximum absolute atomic E-state index is 15.2. The Hall–Kier alpha value is -4.14. The Balaban J connectivity index is 1.68. The number of hydrogen-bond acceptors (Lipinski definition) is 5. The number of carbonyl (C=O) groups excluding carboxylic acids is 1. The Bertz CT molecular complexity index is 1430. The van der Waals surface area contributed by atoms with E-state index in [1.165, 1.54) is 6.07 Å². The number of halogens is 1. The lowest BCUT2D eigenvalue weighted by Crippen LogP contribution is -2.34. The maximum Gasteiger partial charge on any atom is 0.223 e. The first-order chi connectivity index (χ1) is 18.5. The first kappa shape index (κ1) is 26.9. The van der Waals surface area contributed by atoms with Gasteiger partial charge in [0.05, 0.1) is 30.9 Å². The van der Waals surface area contributed by atoms with Crippen LogP contribution < -0.4 is 20.2 Å². The van der Waals surface area contributed by atoms with E-state index in [0.717, 1.165) is 12.1 Å². The van der Waals surface area contributed by atoms with Crippen LogP contribution in [0.4, 0.5) is 4.39 Å². The van der Waals surface area contributed by atoms with Gasteiger partial charge in [0.2, 0.25) is 5.91 Å². The average molecular weight is 521 g/mol. The summed E-state index contributed by atoms with van der Waals surface area (Å²) < 4.78 is 28.1. The van der Waals surface area contributed by atoms with Gasteiger partial charge >= 0.3 is 0 Å². The van der Waals surface area contributed by atoms with Gasteiger partial charge in [0.25, 0.3) is 0 Å². The molecule has 0 bridgehead atoms. The monoisotopic (exact) mass is 520 g/mol. The summed E-state index contributed by atoms with van der Waals surface area (Å²) in [6.07, 6.45) is 7.02. The highest BCUT2D eigenvalue weighted by Gasteiger charge is 2.20. The van der Waals surface area contributed by atoms with E-state index in [4.69, 9.17) is 9.47 Å². The van der Waals surface area contributed by atoms with Gasteiger partial charge in [-0.1, -0.05) is 26.0 Å². The number of ether oxygens (including phenoxy) is 2. The lowest BCUT2D eigenvalue weighted by Gasteiger charge is -2.19. The van der Waals surface area contributed by atoms with Crippen molar-refractivity contribution in [3.05, 3.63) is 76.9 Å². The second-order valence-electron chi connectivity index (χ2n) is 9.09. The summed E-state index contributed by atoms with van der Waals surface area (Å²) in [7, 11) is 1.57. The minimum absolute atomic E-state index is 0.0380. The highest BCUT2D eigenvalue weighted by atomic mass is 19.1. The molecule has 0 spiro atoms. The van der Waals surface area contributed by atoms with Crippen LogP contribution in [0.2, 0.25) is 0 Å². The number of aromatic amines is 1. The number of nitrogens with one attached hydrogen (secondary N) is 2. The van der Waals surface area contributed by atoms with Crippen LogP contribution in [0.25, 0.3) is 22.0 Å². The van der Waals surface area contributed by atoms with E-state index < -0.39 is 11.2 Å². The van der Waals surface area contributed by atoms with Crippen LogP contribution in [-0.4, -0.2) is 40.7 Å². The third-order valence-corrected chi connectivity index (χ3v) is 6.53. The third-order valence-electron chi connectivity index (χ3n) is 6.53.